The van der Waals surface area contributed by atoms with Crippen LogP contribution in [0.5, 0.6) is 0 Å². The van der Waals surface area contributed by atoms with Gasteiger partial charge in [0.25, 0.3) is 0 Å². The fourth-order valence-corrected chi connectivity index (χ4v) is 2.10. The van der Waals surface area contributed by atoms with E-state index in [0.29, 0.717) is 6.42 Å². The maximum Gasteiger partial charge on any atom is 0.226 e. The van der Waals surface area contributed by atoms with E-state index in [1.807, 2.05) is 38.1 Å². The number of benzene rings is 1. The number of amides is 1. The number of aryl methyl sites for hydroxylation is 2. The van der Waals surface area contributed by atoms with Crippen molar-refractivity contribution in [1.29, 1.82) is 0 Å². The summed E-state index contributed by atoms with van der Waals surface area (Å²) in [7, 11) is 3.54. The Hall–Kier alpha value is -2.30. The second-order valence-corrected chi connectivity index (χ2v) is 5.43. The van der Waals surface area contributed by atoms with Crippen molar-refractivity contribution < 1.29 is 4.79 Å². The van der Waals surface area contributed by atoms with Crippen molar-refractivity contribution >= 4 is 11.6 Å². The predicted molar refractivity (Wildman–Crippen MR) is 84.2 cm³/mol. The molecule has 2 aromatic rings. The standard InChI is InChI=1S/C16H22N4O/c1-11-15(12(2)19-18-11)10-17-14-7-5-13(6-8-14)9-16(21)20(3)4/h5-8,17H,9-10H2,1-4H3,(H,18,19). The largest absolute Gasteiger partial charge is 0.381 e. The van der Waals surface area contributed by atoms with E-state index in [9.17, 15) is 4.79 Å². The Bertz CT molecular complexity index is 594. The number of likely N-dealkylation sites (N-methyl/N-ethyl adjacent to an activating group) is 1. The summed E-state index contributed by atoms with van der Waals surface area (Å²) in [5, 5.41) is 10.5. The lowest BCUT2D eigenvalue weighted by Crippen LogP contribution is -2.23. The first-order valence-electron chi connectivity index (χ1n) is 7.00. The van der Waals surface area contributed by atoms with Crippen molar-refractivity contribution in [2.75, 3.05) is 19.4 Å². The quantitative estimate of drug-likeness (QED) is 0.886. The summed E-state index contributed by atoms with van der Waals surface area (Å²) in [6.07, 6.45) is 0.438. The Labute approximate surface area is 125 Å². The molecule has 0 aliphatic rings. The third-order valence-corrected chi connectivity index (χ3v) is 3.56. The summed E-state index contributed by atoms with van der Waals surface area (Å²) in [5.74, 6) is 0.111. The SMILES string of the molecule is Cc1n[nH]c(C)c1CNc1ccc(CC(=O)N(C)C)cc1. The zero-order valence-electron chi connectivity index (χ0n) is 13.0. The molecule has 1 amide bonds. The Morgan fingerprint density at radius 3 is 2.43 bits per heavy atom. The third-order valence-electron chi connectivity index (χ3n) is 3.56. The summed E-state index contributed by atoms with van der Waals surface area (Å²) in [6.45, 7) is 4.76. The molecular weight excluding hydrogens is 264 g/mol. The highest BCUT2D eigenvalue weighted by molar-refractivity contribution is 5.78. The average Bonchev–Trinajstić information content (AvgIpc) is 2.77. The van der Waals surface area contributed by atoms with Crippen LogP contribution in [0.4, 0.5) is 5.69 Å². The molecule has 1 aromatic carbocycles. The molecule has 0 fully saturated rings. The molecule has 5 nitrogen and oxygen atoms in total. The summed E-state index contributed by atoms with van der Waals surface area (Å²) >= 11 is 0. The minimum atomic E-state index is 0.111. The van der Waals surface area contributed by atoms with Crippen molar-refractivity contribution in [3.63, 3.8) is 0 Å². The second kappa shape index (κ2) is 6.43. The van der Waals surface area contributed by atoms with Gasteiger partial charge in [-0.05, 0) is 31.5 Å². The number of aromatic amines is 1. The molecule has 1 heterocycles. The van der Waals surface area contributed by atoms with Gasteiger partial charge >= 0.3 is 0 Å². The lowest BCUT2D eigenvalue weighted by Gasteiger charge is -2.11. The van der Waals surface area contributed by atoms with E-state index < -0.39 is 0 Å². The molecule has 0 spiro atoms. The number of hydrogen-bond acceptors (Lipinski definition) is 3. The fourth-order valence-electron chi connectivity index (χ4n) is 2.10. The van der Waals surface area contributed by atoms with Crippen LogP contribution in [0.1, 0.15) is 22.5 Å². The molecule has 0 aliphatic heterocycles. The predicted octanol–water partition coefficient (Wildman–Crippen LogP) is 2.27. The maximum absolute atomic E-state index is 11.7. The van der Waals surface area contributed by atoms with Gasteiger partial charge in [-0.25, -0.2) is 0 Å². The van der Waals surface area contributed by atoms with Crippen LogP contribution in [0.25, 0.3) is 0 Å². The van der Waals surface area contributed by atoms with E-state index in [0.717, 1.165) is 29.2 Å². The Balaban J connectivity index is 1.95. The Kier molecular flexibility index (Phi) is 4.62. The topological polar surface area (TPSA) is 61.0 Å². The highest BCUT2D eigenvalue weighted by atomic mass is 16.2. The number of anilines is 1. The monoisotopic (exact) mass is 286 g/mol. The van der Waals surface area contributed by atoms with E-state index in [4.69, 9.17) is 0 Å². The van der Waals surface area contributed by atoms with Crippen LogP contribution in [-0.4, -0.2) is 35.1 Å². The number of aromatic nitrogens is 2. The highest BCUT2D eigenvalue weighted by Gasteiger charge is 2.07. The molecule has 5 heteroatoms. The van der Waals surface area contributed by atoms with Crippen LogP contribution >= 0.6 is 0 Å². The number of nitrogens with one attached hydrogen (secondary N) is 2. The zero-order valence-corrected chi connectivity index (χ0v) is 13.0. The first kappa shape index (κ1) is 15.1. The molecule has 112 valence electrons. The lowest BCUT2D eigenvalue weighted by atomic mass is 10.1. The van der Waals surface area contributed by atoms with Gasteiger partial charge in [0.15, 0.2) is 0 Å². The van der Waals surface area contributed by atoms with Crippen molar-refractivity contribution in [2.24, 2.45) is 0 Å². The fraction of sp³-hybridized carbons (Fsp3) is 0.375. The van der Waals surface area contributed by atoms with Crippen molar-refractivity contribution in [3.8, 4) is 0 Å². The van der Waals surface area contributed by atoms with E-state index in [-0.39, 0.29) is 5.91 Å². The zero-order chi connectivity index (χ0) is 15.4. The van der Waals surface area contributed by atoms with E-state index in [2.05, 4.69) is 15.5 Å². The van der Waals surface area contributed by atoms with Gasteiger partial charge in [0.05, 0.1) is 12.1 Å². The van der Waals surface area contributed by atoms with Gasteiger partial charge in [0, 0.05) is 37.6 Å². The van der Waals surface area contributed by atoms with Gasteiger partial charge in [-0.1, -0.05) is 12.1 Å². The molecule has 0 atom stereocenters. The smallest absolute Gasteiger partial charge is 0.226 e. The van der Waals surface area contributed by atoms with Gasteiger partial charge in [0.1, 0.15) is 0 Å². The molecule has 2 N–H and O–H groups in total. The van der Waals surface area contributed by atoms with Crippen molar-refractivity contribution in [3.05, 3.63) is 46.8 Å². The van der Waals surface area contributed by atoms with Crippen LogP contribution in [0.3, 0.4) is 0 Å². The van der Waals surface area contributed by atoms with Gasteiger partial charge in [0.2, 0.25) is 5.91 Å². The average molecular weight is 286 g/mol. The third kappa shape index (κ3) is 3.84. The van der Waals surface area contributed by atoms with Crippen LogP contribution in [-0.2, 0) is 17.8 Å². The van der Waals surface area contributed by atoms with Gasteiger partial charge < -0.3 is 10.2 Å². The Morgan fingerprint density at radius 1 is 1.24 bits per heavy atom. The number of nitrogens with zero attached hydrogens (tertiary/aromatic N) is 2. The number of carbonyl (C=O) groups is 1. The molecule has 1 aromatic heterocycles. The number of rotatable bonds is 5. The first-order chi connectivity index (χ1) is 9.97. The molecule has 0 bridgehead atoms. The van der Waals surface area contributed by atoms with Crippen molar-refractivity contribution in [1.82, 2.24) is 15.1 Å². The van der Waals surface area contributed by atoms with E-state index in [1.54, 1.807) is 19.0 Å². The molecule has 0 unspecified atom stereocenters. The second-order valence-electron chi connectivity index (χ2n) is 5.43. The lowest BCUT2D eigenvalue weighted by molar-refractivity contribution is -0.127. The van der Waals surface area contributed by atoms with Crippen LogP contribution < -0.4 is 5.32 Å². The number of carbonyl (C=O) groups excluding carboxylic acids is 1. The minimum absolute atomic E-state index is 0.111. The number of hydrogen-bond donors (Lipinski definition) is 2. The molecule has 21 heavy (non-hydrogen) atoms. The maximum atomic E-state index is 11.7. The van der Waals surface area contributed by atoms with Crippen LogP contribution in [0.15, 0.2) is 24.3 Å². The molecule has 0 saturated carbocycles. The molecule has 0 aliphatic carbocycles. The molecule has 0 saturated heterocycles. The van der Waals surface area contributed by atoms with Gasteiger partial charge in [-0.15, -0.1) is 0 Å². The molecular formula is C16H22N4O. The van der Waals surface area contributed by atoms with E-state index in [1.165, 1.54) is 5.56 Å². The first-order valence-corrected chi connectivity index (χ1v) is 7.00. The Morgan fingerprint density at radius 2 is 1.90 bits per heavy atom. The van der Waals surface area contributed by atoms with Gasteiger partial charge in [-0.2, -0.15) is 5.10 Å². The summed E-state index contributed by atoms with van der Waals surface area (Å²) in [6, 6.07) is 7.98. The van der Waals surface area contributed by atoms with E-state index >= 15 is 0 Å². The van der Waals surface area contributed by atoms with Crippen LogP contribution in [0, 0.1) is 13.8 Å². The summed E-state index contributed by atoms with van der Waals surface area (Å²) < 4.78 is 0. The van der Waals surface area contributed by atoms with Crippen molar-refractivity contribution in [2.45, 2.75) is 26.8 Å². The normalized spacial score (nSPS) is 10.5. The van der Waals surface area contributed by atoms with Crippen LogP contribution in [0.2, 0.25) is 0 Å². The molecule has 2 rings (SSSR count). The van der Waals surface area contributed by atoms with Gasteiger partial charge in [-0.3, -0.25) is 9.89 Å². The number of H-pyrrole nitrogens is 1. The summed E-state index contributed by atoms with van der Waals surface area (Å²) in [5.41, 5.74) is 5.37. The highest BCUT2D eigenvalue weighted by Crippen LogP contribution is 2.15. The molecule has 0 radical (unpaired) electrons. The summed E-state index contributed by atoms with van der Waals surface area (Å²) in [4.78, 5) is 13.3. The minimum Gasteiger partial charge on any atom is -0.381 e.